The molecule has 4 aliphatic heterocycles. The summed E-state index contributed by atoms with van der Waals surface area (Å²) >= 11 is 0. The van der Waals surface area contributed by atoms with Gasteiger partial charge in [-0.25, -0.2) is 4.79 Å². The summed E-state index contributed by atoms with van der Waals surface area (Å²) in [5.74, 6) is -1.01. The van der Waals surface area contributed by atoms with Crippen LogP contribution in [0.1, 0.15) is 48.2 Å². The van der Waals surface area contributed by atoms with Crippen LogP contribution in [0.3, 0.4) is 0 Å². The molecule has 1 N–H and O–H groups in total. The first-order chi connectivity index (χ1) is 20.6. The number of esters is 2. The molecule has 2 fully saturated rings. The summed E-state index contributed by atoms with van der Waals surface area (Å²) in [6.45, 7) is 5.14. The van der Waals surface area contributed by atoms with Crippen molar-refractivity contribution in [3.8, 4) is 5.75 Å². The second kappa shape index (κ2) is 9.30. The monoisotopic (exact) mass is 587 g/mol. The van der Waals surface area contributed by atoms with Crippen molar-refractivity contribution in [3.63, 3.8) is 0 Å². The Labute approximate surface area is 250 Å². The SMILES string of the molecule is CC[C@]12C=CCN3CC[C@@]4(c5cc(N6Cc7ccccc7C6=O)c(OC)cc5N(C)[C@H]4[C@@](O)(C(=O)OC)[C@@H]1OC(C)=O)[C@@H]32. The fourth-order valence-corrected chi connectivity index (χ4v) is 9.40. The molecule has 0 radical (unpaired) electrons. The molecular formula is C33H37N3O7. The maximum atomic E-state index is 13.9. The molecule has 2 aromatic rings. The number of carbonyl (C=O) groups excluding carboxylic acids is 3. The van der Waals surface area contributed by atoms with Crippen LogP contribution in [0.15, 0.2) is 48.6 Å². The number of fused-ring (bicyclic) bond motifs is 2. The van der Waals surface area contributed by atoms with Crippen LogP contribution in [0, 0.1) is 5.41 Å². The highest BCUT2D eigenvalue weighted by Gasteiger charge is 2.80. The Bertz CT molecular complexity index is 1590. The summed E-state index contributed by atoms with van der Waals surface area (Å²) in [6.07, 6.45) is 4.06. The number of aliphatic hydroxyl groups is 1. The van der Waals surface area contributed by atoms with E-state index in [0.29, 0.717) is 42.9 Å². The van der Waals surface area contributed by atoms with E-state index in [1.165, 1.54) is 14.0 Å². The largest absolute Gasteiger partial charge is 0.494 e. The van der Waals surface area contributed by atoms with Crippen LogP contribution >= 0.6 is 0 Å². The molecule has 1 aliphatic carbocycles. The number of hydrogen-bond acceptors (Lipinski definition) is 9. The Balaban J connectivity index is 1.50. The minimum absolute atomic E-state index is 0.101. The second-order valence-corrected chi connectivity index (χ2v) is 12.5. The quantitative estimate of drug-likeness (QED) is 0.417. The van der Waals surface area contributed by atoms with Gasteiger partial charge >= 0.3 is 11.9 Å². The van der Waals surface area contributed by atoms with Crippen LogP contribution < -0.4 is 14.5 Å². The van der Waals surface area contributed by atoms with Crippen LogP contribution in [0.4, 0.5) is 11.4 Å². The van der Waals surface area contributed by atoms with Gasteiger partial charge < -0.3 is 29.1 Å². The lowest BCUT2D eigenvalue weighted by atomic mass is 9.47. The standard InChI is InChI=1S/C33H37N3O7/c1-6-31-12-9-14-35-15-13-32(27(31)35)22-16-24(36-18-20-10-7-8-11-21(20)26(36)38)25(41-4)17-23(22)34(3)28(32)33(40,30(39)42-5)29(31)43-19(2)37/h7-12,16-17,27-29,40H,6,13-15,18H2,1-5H3/t27-,28+,29+,31+,32+,33-/m0/s1. The van der Waals surface area contributed by atoms with Crippen molar-refractivity contribution in [1.82, 2.24) is 4.90 Å². The van der Waals surface area contributed by atoms with Gasteiger partial charge in [0.25, 0.3) is 5.91 Å². The van der Waals surface area contributed by atoms with Gasteiger partial charge in [0, 0.05) is 54.7 Å². The van der Waals surface area contributed by atoms with Gasteiger partial charge in [-0.15, -0.1) is 0 Å². The Morgan fingerprint density at radius 1 is 1.12 bits per heavy atom. The molecule has 1 spiro atoms. The van der Waals surface area contributed by atoms with Crippen molar-refractivity contribution in [1.29, 1.82) is 0 Å². The number of hydrogen-bond donors (Lipinski definition) is 1. The maximum absolute atomic E-state index is 13.9. The molecule has 0 unspecified atom stereocenters. The smallest absolute Gasteiger partial charge is 0.344 e. The minimum Gasteiger partial charge on any atom is -0.494 e. The molecule has 226 valence electrons. The number of methoxy groups -OCH3 is 2. The summed E-state index contributed by atoms with van der Waals surface area (Å²) in [5, 5.41) is 12.8. The third kappa shape index (κ3) is 3.28. The molecule has 7 rings (SSSR count). The zero-order chi connectivity index (χ0) is 30.5. The fraction of sp³-hybridized carbons (Fsp3) is 0.485. The van der Waals surface area contributed by atoms with Gasteiger partial charge in [0.15, 0.2) is 6.10 Å². The van der Waals surface area contributed by atoms with E-state index in [4.69, 9.17) is 14.2 Å². The van der Waals surface area contributed by atoms with E-state index in [0.717, 1.165) is 23.4 Å². The average Bonchev–Trinajstić information content (AvgIpc) is 3.64. The lowest BCUT2D eigenvalue weighted by Crippen LogP contribution is -2.81. The first kappa shape index (κ1) is 27.9. The molecule has 0 bridgehead atoms. The number of rotatable bonds is 5. The molecule has 1 saturated carbocycles. The number of carbonyl (C=O) groups is 3. The number of ether oxygens (including phenoxy) is 3. The van der Waals surface area contributed by atoms with Gasteiger partial charge in [0.1, 0.15) is 5.75 Å². The molecular weight excluding hydrogens is 550 g/mol. The molecule has 10 heteroatoms. The normalized spacial score (nSPS) is 33.5. The summed E-state index contributed by atoms with van der Waals surface area (Å²) in [5.41, 5.74) is 0.121. The molecule has 1 saturated heterocycles. The molecule has 2 aromatic carbocycles. The average molecular weight is 588 g/mol. The highest BCUT2D eigenvalue weighted by atomic mass is 16.6. The first-order valence-electron chi connectivity index (χ1n) is 14.8. The predicted molar refractivity (Wildman–Crippen MR) is 158 cm³/mol. The Kier molecular flexibility index (Phi) is 6.04. The summed E-state index contributed by atoms with van der Waals surface area (Å²) in [4.78, 5) is 46.2. The lowest BCUT2D eigenvalue weighted by Gasteiger charge is -2.63. The molecule has 6 atom stereocenters. The molecule has 5 aliphatic rings. The number of likely N-dealkylation sites (N-methyl/N-ethyl adjacent to an activating group) is 1. The predicted octanol–water partition coefficient (Wildman–Crippen LogP) is 2.80. The Hall–Kier alpha value is -3.89. The van der Waals surface area contributed by atoms with E-state index in [1.54, 1.807) is 12.0 Å². The highest BCUT2D eigenvalue weighted by Crippen LogP contribution is 2.68. The van der Waals surface area contributed by atoms with Gasteiger partial charge in [-0.3, -0.25) is 14.5 Å². The number of amides is 1. The van der Waals surface area contributed by atoms with Gasteiger partial charge in [-0.1, -0.05) is 37.3 Å². The van der Waals surface area contributed by atoms with Crippen LogP contribution in [0.2, 0.25) is 0 Å². The lowest BCUT2D eigenvalue weighted by molar-refractivity contribution is -0.228. The van der Waals surface area contributed by atoms with E-state index < -0.39 is 40.5 Å². The van der Waals surface area contributed by atoms with Crippen molar-refractivity contribution >= 4 is 29.2 Å². The van der Waals surface area contributed by atoms with E-state index in [-0.39, 0.29) is 11.9 Å². The third-order valence-corrected chi connectivity index (χ3v) is 10.8. The van der Waals surface area contributed by atoms with Gasteiger partial charge in [0.05, 0.1) is 32.5 Å². The number of benzene rings is 2. The van der Waals surface area contributed by atoms with Gasteiger partial charge in [-0.2, -0.15) is 0 Å². The van der Waals surface area contributed by atoms with Crippen LogP contribution in [-0.2, 0) is 31.0 Å². The fourth-order valence-electron chi connectivity index (χ4n) is 9.40. The Morgan fingerprint density at radius 3 is 2.56 bits per heavy atom. The molecule has 0 aromatic heterocycles. The molecule has 4 heterocycles. The second-order valence-electron chi connectivity index (χ2n) is 12.5. The topological polar surface area (TPSA) is 109 Å². The van der Waals surface area contributed by atoms with E-state index in [1.807, 2.05) is 67.4 Å². The van der Waals surface area contributed by atoms with Crippen molar-refractivity contribution in [2.45, 2.75) is 62.4 Å². The van der Waals surface area contributed by atoms with Crippen molar-refractivity contribution < 1.29 is 33.7 Å². The maximum Gasteiger partial charge on any atom is 0.344 e. The van der Waals surface area contributed by atoms with Gasteiger partial charge in [-0.05, 0) is 42.6 Å². The molecule has 10 nitrogen and oxygen atoms in total. The third-order valence-electron chi connectivity index (χ3n) is 10.8. The Morgan fingerprint density at radius 2 is 1.88 bits per heavy atom. The zero-order valence-corrected chi connectivity index (χ0v) is 25.1. The summed E-state index contributed by atoms with van der Waals surface area (Å²) < 4.78 is 17.2. The van der Waals surface area contributed by atoms with Crippen LogP contribution in [-0.4, -0.2) is 86.0 Å². The minimum atomic E-state index is -2.20. The van der Waals surface area contributed by atoms with Crippen LogP contribution in [0.25, 0.3) is 0 Å². The summed E-state index contributed by atoms with van der Waals surface area (Å²) in [7, 11) is 4.68. The molecule has 1 amide bonds. The van der Waals surface area contributed by atoms with E-state index in [2.05, 4.69) is 4.90 Å². The van der Waals surface area contributed by atoms with Crippen molar-refractivity contribution in [2.75, 3.05) is 44.2 Å². The van der Waals surface area contributed by atoms with Crippen LogP contribution in [0.5, 0.6) is 5.75 Å². The summed E-state index contributed by atoms with van der Waals surface area (Å²) in [6, 6.07) is 10.5. The number of nitrogens with zero attached hydrogens (tertiary/aromatic N) is 3. The van der Waals surface area contributed by atoms with Gasteiger partial charge in [0.2, 0.25) is 5.60 Å². The highest BCUT2D eigenvalue weighted by molar-refractivity contribution is 6.11. The van der Waals surface area contributed by atoms with E-state index >= 15 is 0 Å². The zero-order valence-electron chi connectivity index (χ0n) is 25.1. The van der Waals surface area contributed by atoms with Crippen molar-refractivity contribution in [3.05, 3.63) is 65.2 Å². The molecule has 43 heavy (non-hydrogen) atoms. The first-order valence-corrected chi connectivity index (χ1v) is 14.8. The van der Waals surface area contributed by atoms with Crippen molar-refractivity contribution in [2.24, 2.45) is 5.41 Å². The number of anilines is 2. The van der Waals surface area contributed by atoms with E-state index in [9.17, 15) is 19.5 Å².